The first kappa shape index (κ1) is 22.3. The third kappa shape index (κ3) is 5.01. The molecular weight excluding hydrogens is 398 g/mol. The smallest absolute Gasteiger partial charge is 0.251 e. The molecule has 1 aliphatic heterocycles. The highest BCUT2D eigenvalue weighted by Gasteiger charge is 2.22. The van der Waals surface area contributed by atoms with Crippen molar-refractivity contribution in [1.29, 1.82) is 5.26 Å². The molecule has 0 radical (unpaired) electrons. The zero-order chi connectivity index (χ0) is 21.7. The SMILES string of the molecule is C/C(=C(/C#N)S(=O)(=O)NCC(C)CO)c1ccc2cc(N3CCCCC3)ccc2c1. The molecule has 30 heavy (non-hydrogen) atoms. The minimum Gasteiger partial charge on any atom is -0.396 e. The molecule has 0 aliphatic carbocycles. The monoisotopic (exact) mass is 427 g/mol. The summed E-state index contributed by atoms with van der Waals surface area (Å²) < 4.78 is 27.6. The average molecular weight is 428 g/mol. The maximum atomic E-state index is 12.6. The Hall–Kier alpha value is -2.40. The summed E-state index contributed by atoms with van der Waals surface area (Å²) in [5.74, 6) is -0.227. The largest absolute Gasteiger partial charge is 0.396 e. The highest BCUT2D eigenvalue weighted by Crippen LogP contribution is 2.29. The zero-order valence-electron chi connectivity index (χ0n) is 17.6. The van der Waals surface area contributed by atoms with E-state index in [-0.39, 0.29) is 24.0 Å². The van der Waals surface area contributed by atoms with Gasteiger partial charge in [-0.1, -0.05) is 25.1 Å². The maximum absolute atomic E-state index is 12.6. The number of aliphatic hydroxyl groups is 1. The van der Waals surface area contributed by atoms with Crippen LogP contribution in [-0.2, 0) is 10.0 Å². The zero-order valence-corrected chi connectivity index (χ0v) is 18.4. The Labute approximate surface area is 178 Å². The molecule has 2 aromatic carbocycles. The van der Waals surface area contributed by atoms with E-state index in [1.165, 1.54) is 24.9 Å². The van der Waals surface area contributed by atoms with Gasteiger partial charge in [0.2, 0.25) is 0 Å². The van der Waals surface area contributed by atoms with Crippen LogP contribution in [0.1, 0.15) is 38.7 Å². The molecule has 0 bridgehead atoms. The molecule has 1 atom stereocenters. The summed E-state index contributed by atoms with van der Waals surface area (Å²) in [5.41, 5.74) is 2.32. The third-order valence-electron chi connectivity index (χ3n) is 5.62. The van der Waals surface area contributed by atoms with E-state index in [2.05, 4.69) is 27.8 Å². The molecule has 3 rings (SSSR count). The number of nitrogens with zero attached hydrogens (tertiary/aromatic N) is 2. The van der Waals surface area contributed by atoms with Gasteiger partial charge in [0.1, 0.15) is 6.07 Å². The van der Waals surface area contributed by atoms with E-state index in [4.69, 9.17) is 5.11 Å². The van der Waals surface area contributed by atoms with Crippen LogP contribution in [0.5, 0.6) is 0 Å². The number of hydrogen-bond donors (Lipinski definition) is 2. The molecule has 0 spiro atoms. The highest BCUT2D eigenvalue weighted by atomic mass is 32.2. The van der Waals surface area contributed by atoms with Crippen molar-refractivity contribution in [2.45, 2.75) is 33.1 Å². The quantitative estimate of drug-likeness (QED) is 0.658. The van der Waals surface area contributed by atoms with E-state index in [0.717, 1.165) is 23.9 Å². The van der Waals surface area contributed by atoms with Crippen LogP contribution >= 0.6 is 0 Å². The molecule has 1 heterocycles. The molecule has 2 aromatic rings. The minimum absolute atomic E-state index is 0.0777. The van der Waals surface area contributed by atoms with E-state index in [9.17, 15) is 13.7 Å². The number of anilines is 1. The Morgan fingerprint density at radius 1 is 1.17 bits per heavy atom. The minimum atomic E-state index is -3.95. The second kappa shape index (κ2) is 9.61. The molecule has 2 N–H and O–H groups in total. The van der Waals surface area contributed by atoms with Gasteiger partial charge in [-0.15, -0.1) is 0 Å². The Morgan fingerprint density at radius 3 is 2.50 bits per heavy atom. The van der Waals surface area contributed by atoms with Gasteiger partial charge in [0.25, 0.3) is 10.0 Å². The van der Waals surface area contributed by atoms with Gasteiger partial charge in [0, 0.05) is 31.9 Å². The van der Waals surface area contributed by atoms with Gasteiger partial charge in [0.05, 0.1) is 0 Å². The summed E-state index contributed by atoms with van der Waals surface area (Å²) in [7, 11) is -3.95. The van der Waals surface area contributed by atoms with Crippen LogP contribution in [0.4, 0.5) is 5.69 Å². The summed E-state index contributed by atoms with van der Waals surface area (Å²) in [5, 5.41) is 20.7. The van der Waals surface area contributed by atoms with Crippen LogP contribution in [0.15, 0.2) is 41.3 Å². The molecular formula is C23H29N3O3S. The topological polar surface area (TPSA) is 93.4 Å². The first-order valence-corrected chi connectivity index (χ1v) is 11.8. The summed E-state index contributed by atoms with van der Waals surface area (Å²) >= 11 is 0. The van der Waals surface area contributed by atoms with Gasteiger partial charge in [-0.3, -0.25) is 0 Å². The van der Waals surface area contributed by atoms with E-state index >= 15 is 0 Å². The molecule has 1 unspecified atom stereocenters. The number of piperidine rings is 1. The Kier molecular flexibility index (Phi) is 7.14. The lowest BCUT2D eigenvalue weighted by Crippen LogP contribution is -2.30. The number of fused-ring (bicyclic) bond motifs is 1. The second-order valence-electron chi connectivity index (χ2n) is 8.00. The second-order valence-corrected chi connectivity index (χ2v) is 9.70. The molecule has 160 valence electrons. The van der Waals surface area contributed by atoms with Crippen molar-refractivity contribution in [1.82, 2.24) is 4.72 Å². The van der Waals surface area contributed by atoms with Crippen LogP contribution < -0.4 is 9.62 Å². The summed E-state index contributed by atoms with van der Waals surface area (Å²) in [6.45, 7) is 5.49. The van der Waals surface area contributed by atoms with Gasteiger partial charge in [-0.25, -0.2) is 13.1 Å². The van der Waals surface area contributed by atoms with E-state index in [1.54, 1.807) is 13.8 Å². The number of allylic oxidation sites excluding steroid dienone is 2. The highest BCUT2D eigenvalue weighted by molar-refractivity contribution is 7.93. The standard InChI is InChI=1S/C23H29N3O3S/c1-17(16-27)15-25-30(28,29)23(14-24)18(2)19-6-7-21-13-22(9-8-20(21)12-19)26-10-4-3-5-11-26/h6-9,12-13,17,25,27H,3-5,10-11,15-16H2,1-2H3/b23-18+. The first-order valence-electron chi connectivity index (χ1n) is 10.4. The van der Waals surface area contributed by atoms with Crippen molar-refractivity contribution in [3.63, 3.8) is 0 Å². The number of aliphatic hydroxyl groups excluding tert-OH is 1. The molecule has 1 saturated heterocycles. The normalized spacial score (nSPS) is 16.8. The molecule has 1 aliphatic rings. The fourth-order valence-corrected chi connectivity index (χ4v) is 4.97. The number of rotatable bonds is 7. The van der Waals surface area contributed by atoms with Crippen LogP contribution in [0.25, 0.3) is 16.3 Å². The predicted octanol–water partition coefficient (Wildman–Crippen LogP) is 3.63. The molecule has 0 saturated carbocycles. The van der Waals surface area contributed by atoms with Gasteiger partial charge in [0.15, 0.2) is 4.91 Å². The number of nitrogens with one attached hydrogen (secondary N) is 1. The van der Waals surface area contributed by atoms with Gasteiger partial charge in [-0.2, -0.15) is 5.26 Å². The summed E-state index contributed by atoms with van der Waals surface area (Å²) in [6, 6.07) is 13.9. The maximum Gasteiger partial charge on any atom is 0.251 e. The lowest BCUT2D eigenvalue weighted by atomic mass is 10.0. The molecule has 1 fully saturated rings. The predicted molar refractivity (Wildman–Crippen MR) is 121 cm³/mol. The van der Waals surface area contributed by atoms with E-state index in [0.29, 0.717) is 11.1 Å². The fourth-order valence-electron chi connectivity index (χ4n) is 3.68. The van der Waals surface area contributed by atoms with Crippen molar-refractivity contribution in [3.05, 3.63) is 46.9 Å². The Morgan fingerprint density at radius 2 is 1.83 bits per heavy atom. The summed E-state index contributed by atoms with van der Waals surface area (Å²) in [4.78, 5) is 2.11. The average Bonchev–Trinajstić information content (AvgIpc) is 2.77. The Bertz CT molecular complexity index is 1080. The fraction of sp³-hybridized carbons (Fsp3) is 0.435. The van der Waals surface area contributed by atoms with Crippen molar-refractivity contribution < 1.29 is 13.5 Å². The van der Waals surface area contributed by atoms with Crippen molar-refractivity contribution >= 4 is 32.1 Å². The van der Waals surface area contributed by atoms with Gasteiger partial charge >= 0.3 is 0 Å². The number of hydrogen-bond acceptors (Lipinski definition) is 5. The molecule has 7 heteroatoms. The lowest BCUT2D eigenvalue weighted by Gasteiger charge is -2.29. The van der Waals surface area contributed by atoms with Crippen molar-refractivity contribution in [2.75, 3.05) is 31.1 Å². The van der Waals surface area contributed by atoms with E-state index in [1.807, 2.05) is 24.3 Å². The first-order chi connectivity index (χ1) is 14.4. The number of sulfonamides is 1. The summed E-state index contributed by atoms with van der Waals surface area (Å²) in [6.07, 6.45) is 3.73. The van der Waals surface area contributed by atoms with Crippen LogP contribution in [-0.4, -0.2) is 39.8 Å². The Balaban J connectivity index is 1.91. The van der Waals surface area contributed by atoms with Crippen LogP contribution in [0, 0.1) is 17.2 Å². The van der Waals surface area contributed by atoms with Crippen molar-refractivity contribution in [3.8, 4) is 6.07 Å². The van der Waals surface area contributed by atoms with Crippen LogP contribution in [0.3, 0.4) is 0 Å². The lowest BCUT2D eigenvalue weighted by molar-refractivity contribution is 0.239. The van der Waals surface area contributed by atoms with Gasteiger partial charge < -0.3 is 10.0 Å². The molecule has 0 aromatic heterocycles. The van der Waals surface area contributed by atoms with Gasteiger partial charge in [-0.05, 0) is 72.2 Å². The number of nitriles is 1. The van der Waals surface area contributed by atoms with Crippen molar-refractivity contribution in [2.24, 2.45) is 5.92 Å². The number of benzene rings is 2. The molecule has 6 nitrogen and oxygen atoms in total. The third-order valence-corrected chi connectivity index (χ3v) is 7.10. The van der Waals surface area contributed by atoms with E-state index < -0.39 is 10.0 Å². The molecule has 0 amide bonds. The van der Waals surface area contributed by atoms with Crippen LogP contribution in [0.2, 0.25) is 0 Å².